The zero-order valence-electron chi connectivity index (χ0n) is 14.3. The monoisotopic (exact) mass is 368 g/mol. The zero-order chi connectivity index (χ0) is 17.8. The predicted octanol–water partition coefficient (Wildman–Crippen LogP) is 3.15. The number of para-hydroxylation sites is 1. The number of carbonyl (C=O) groups is 1. The Morgan fingerprint density at radius 1 is 1.31 bits per heavy atom. The Labute approximate surface area is 156 Å². The minimum Gasteiger partial charge on any atom is -0.376 e. The van der Waals surface area contributed by atoms with Gasteiger partial charge in [0.15, 0.2) is 5.69 Å². The summed E-state index contributed by atoms with van der Waals surface area (Å²) < 4.78 is 7.36. The van der Waals surface area contributed by atoms with Crippen molar-refractivity contribution in [1.29, 1.82) is 0 Å². The van der Waals surface area contributed by atoms with Crippen LogP contribution in [0, 0.1) is 0 Å². The SMILES string of the molecule is O=C(c1cn(-c2ccccc2)nn1)N(Cc1ccsc1)C[C@H]1CCCO1. The lowest BCUT2D eigenvalue weighted by Gasteiger charge is -2.24. The molecule has 0 radical (unpaired) electrons. The second kappa shape index (κ2) is 7.80. The van der Waals surface area contributed by atoms with Crippen molar-refractivity contribution in [2.24, 2.45) is 0 Å². The van der Waals surface area contributed by atoms with Gasteiger partial charge in [-0.2, -0.15) is 11.3 Å². The third-order valence-corrected chi connectivity index (χ3v) is 5.15. The van der Waals surface area contributed by atoms with Crippen molar-refractivity contribution < 1.29 is 9.53 Å². The lowest BCUT2D eigenvalue weighted by atomic mass is 10.2. The molecule has 6 nitrogen and oxygen atoms in total. The molecule has 1 aliphatic rings. The molecule has 3 aromatic rings. The summed E-state index contributed by atoms with van der Waals surface area (Å²) in [5, 5.41) is 12.3. The highest BCUT2D eigenvalue weighted by molar-refractivity contribution is 7.07. The van der Waals surface area contributed by atoms with Gasteiger partial charge in [-0.25, -0.2) is 4.68 Å². The van der Waals surface area contributed by atoms with Crippen molar-refractivity contribution in [3.05, 3.63) is 64.6 Å². The number of carbonyl (C=O) groups excluding carboxylic acids is 1. The standard InChI is InChI=1S/C19H20N4O2S/c24-19(18-13-23(21-20-18)16-5-2-1-3-6-16)22(11-15-8-10-26-14-15)12-17-7-4-9-25-17/h1-3,5-6,8,10,13-14,17H,4,7,9,11-12H2/t17-/m1/s1. The van der Waals surface area contributed by atoms with Crippen molar-refractivity contribution >= 4 is 17.2 Å². The van der Waals surface area contributed by atoms with Crippen molar-refractivity contribution in [2.45, 2.75) is 25.5 Å². The van der Waals surface area contributed by atoms with Gasteiger partial charge in [0, 0.05) is 19.7 Å². The molecule has 1 atom stereocenters. The number of hydrogen-bond donors (Lipinski definition) is 0. The molecule has 1 saturated heterocycles. The number of aromatic nitrogens is 3. The minimum atomic E-state index is -0.117. The average Bonchev–Trinajstić information content (AvgIpc) is 3.44. The largest absolute Gasteiger partial charge is 0.376 e. The van der Waals surface area contributed by atoms with Crippen LogP contribution in [-0.2, 0) is 11.3 Å². The Hall–Kier alpha value is -2.51. The van der Waals surface area contributed by atoms with Gasteiger partial charge in [-0.3, -0.25) is 4.79 Å². The highest BCUT2D eigenvalue weighted by atomic mass is 32.1. The summed E-state index contributed by atoms with van der Waals surface area (Å²) >= 11 is 1.63. The van der Waals surface area contributed by atoms with E-state index in [-0.39, 0.29) is 12.0 Å². The summed E-state index contributed by atoms with van der Waals surface area (Å²) in [6.07, 6.45) is 3.83. The first kappa shape index (κ1) is 16.9. The van der Waals surface area contributed by atoms with Gasteiger partial charge in [0.1, 0.15) is 0 Å². The molecule has 7 heteroatoms. The molecule has 1 aromatic carbocycles. The molecule has 1 aliphatic heterocycles. The summed E-state index contributed by atoms with van der Waals surface area (Å²) in [5.74, 6) is -0.117. The van der Waals surface area contributed by atoms with Crippen LogP contribution in [0.15, 0.2) is 53.4 Å². The van der Waals surface area contributed by atoms with E-state index in [1.165, 1.54) is 0 Å². The maximum absolute atomic E-state index is 13.1. The summed E-state index contributed by atoms with van der Waals surface area (Å²) in [4.78, 5) is 14.9. The average molecular weight is 368 g/mol. The van der Waals surface area contributed by atoms with Crippen LogP contribution >= 0.6 is 11.3 Å². The third-order valence-electron chi connectivity index (χ3n) is 4.42. The van der Waals surface area contributed by atoms with Crippen LogP contribution in [0.2, 0.25) is 0 Å². The smallest absolute Gasteiger partial charge is 0.276 e. The van der Waals surface area contributed by atoms with Crippen molar-refractivity contribution in [1.82, 2.24) is 19.9 Å². The molecule has 0 saturated carbocycles. The molecular formula is C19H20N4O2S. The molecule has 0 bridgehead atoms. The Morgan fingerprint density at radius 2 is 2.19 bits per heavy atom. The van der Waals surface area contributed by atoms with Crippen LogP contribution in [0.25, 0.3) is 5.69 Å². The van der Waals surface area contributed by atoms with Crippen LogP contribution < -0.4 is 0 Å². The van der Waals surface area contributed by atoms with E-state index in [0.29, 0.717) is 18.8 Å². The van der Waals surface area contributed by atoms with Gasteiger partial charge in [-0.1, -0.05) is 23.4 Å². The molecular weight excluding hydrogens is 348 g/mol. The molecule has 1 fully saturated rings. The maximum atomic E-state index is 13.1. The Morgan fingerprint density at radius 3 is 2.92 bits per heavy atom. The fourth-order valence-electron chi connectivity index (χ4n) is 3.09. The zero-order valence-corrected chi connectivity index (χ0v) is 15.1. The van der Waals surface area contributed by atoms with Gasteiger partial charge in [0.05, 0.1) is 18.0 Å². The summed E-state index contributed by atoms with van der Waals surface area (Å²) in [7, 11) is 0. The van der Waals surface area contributed by atoms with Crippen LogP contribution in [0.1, 0.15) is 28.9 Å². The summed E-state index contributed by atoms with van der Waals surface area (Å²) in [6, 6.07) is 11.7. The number of benzene rings is 1. The Bertz CT molecular complexity index is 842. The van der Waals surface area contributed by atoms with E-state index in [1.54, 1.807) is 22.2 Å². The van der Waals surface area contributed by atoms with Crippen LogP contribution in [0.5, 0.6) is 0 Å². The second-order valence-corrected chi connectivity index (χ2v) is 7.12. The first-order valence-electron chi connectivity index (χ1n) is 8.69. The number of ether oxygens (including phenoxy) is 1. The quantitative estimate of drug-likeness (QED) is 0.671. The van der Waals surface area contributed by atoms with Crippen LogP contribution in [-0.4, -0.2) is 45.1 Å². The molecule has 1 amide bonds. The number of rotatable bonds is 6. The van der Waals surface area contributed by atoms with E-state index in [0.717, 1.165) is 30.7 Å². The van der Waals surface area contributed by atoms with Crippen LogP contribution in [0.4, 0.5) is 0 Å². The first-order chi connectivity index (χ1) is 12.8. The number of nitrogens with zero attached hydrogens (tertiary/aromatic N) is 4. The lowest BCUT2D eigenvalue weighted by molar-refractivity contribution is 0.0503. The van der Waals surface area contributed by atoms with Crippen molar-refractivity contribution in [3.8, 4) is 5.69 Å². The topological polar surface area (TPSA) is 60.2 Å². The van der Waals surface area contributed by atoms with E-state index in [4.69, 9.17) is 4.74 Å². The third kappa shape index (κ3) is 3.84. The number of thiophene rings is 1. The maximum Gasteiger partial charge on any atom is 0.276 e. The summed E-state index contributed by atoms with van der Waals surface area (Å²) in [6.45, 7) is 1.91. The van der Waals surface area contributed by atoms with E-state index >= 15 is 0 Å². The van der Waals surface area contributed by atoms with Gasteiger partial charge >= 0.3 is 0 Å². The predicted molar refractivity (Wildman–Crippen MR) is 99.4 cm³/mol. The van der Waals surface area contributed by atoms with E-state index in [2.05, 4.69) is 15.7 Å². The van der Waals surface area contributed by atoms with Gasteiger partial charge in [-0.05, 0) is 47.4 Å². The van der Waals surface area contributed by atoms with Crippen LogP contribution in [0.3, 0.4) is 0 Å². The molecule has 0 spiro atoms. The number of hydrogen-bond acceptors (Lipinski definition) is 5. The van der Waals surface area contributed by atoms with E-state index in [1.807, 2.05) is 46.7 Å². The molecule has 3 heterocycles. The first-order valence-corrected chi connectivity index (χ1v) is 9.63. The van der Waals surface area contributed by atoms with Gasteiger partial charge in [0.2, 0.25) is 0 Å². The Kier molecular flexibility index (Phi) is 5.08. The molecule has 134 valence electrons. The van der Waals surface area contributed by atoms with Gasteiger partial charge in [-0.15, -0.1) is 5.10 Å². The Balaban J connectivity index is 1.54. The summed E-state index contributed by atoms with van der Waals surface area (Å²) in [5.41, 5.74) is 2.35. The highest BCUT2D eigenvalue weighted by Gasteiger charge is 2.25. The fourth-order valence-corrected chi connectivity index (χ4v) is 3.75. The van der Waals surface area contributed by atoms with E-state index in [9.17, 15) is 4.79 Å². The highest BCUT2D eigenvalue weighted by Crippen LogP contribution is 2.18. The molecule has 4 rings (SSSR count). The molecule has 2 aromatic heterocycles. The van der Waals surface area contributed by atoms with Gasteiger partial charge in [0.25, 0.3) is 5.91 Å². The molecule has 0 N–H and O–H groups in total. The van der Waals surface area contributed by atoms with Gasteiger partial charge < -0.3 is 9.64 Å². The van der Waals surface area contributed by atoms with Crippen molar-refractivity contribution in [2.75, 3.05) is 13.2 Å². The number of amides is 1. The lowest BCUT2D eigenvalue weighted by Crippen LogP contribution is -2.37. The van der Waals surface area contributed by atoms with E-state index < -0.39 is 0 Å². The fraction of sp³-hybridized carbons (Fsp3) is 0.316. The molecule has 0 aliphatic carbocycles. The van der Waals surface area contributed by atoms with Crippen molar-refractivity contribution in [3.63, 3.8) is 0 Å². The second-order valence-electron chi connectivity index (χ2n) is 6.34. The minimum absolute atomic E-state index is 0.0988. The normalized spacial score (nSPS) is 16.7. The molecule has 26 heavy (non-hydrogen) atoms. The molecule has 0 unspecified atom stereocenters.